The summed E-state index contributed by atoms with van der Waals surface area (Å²) in [5.74, 6) is -0.105. The third-order valence-electron chi connectivity index (χ3n) is 4.29. The minimum atomic E-state index is -0.464. The molecule has 22 heavy (non-hydrogen) atoms. The van der Waals surface area contributed by atoms with E-state index in [4.69, 9.17) is 5.73 Å². The highest BCUT2D eigenvalue weighted by Gasteiger charge is 2.16. The Bertz CT molecular complexity index is 481. The molecule has 1 fully saturated rings. The first-order chi connectivity index (χ1) is 10.6. The molecule has 1 aliphatic heterocycles. The van der Waals surface area contributed by atoms with Gasteiger partial charge in [0.05, 0.1) is 6.04 Å². The zero-order chi connectivity index (χ0) is 15.9. The maximum Gasteiger partial charge on any atom is 0.236 e. The van der Waals surface area contributed by atoms with Crippen LogP contribution in [0.5, 0.6) is 0 Å². The predicted molar refractivity (Wildman–Crippen MR) is 89.3 cm³/mol. The highest BCUT2D eigenvalue weighted by molar-refractivity contribution is 5.80. The van der Waals surface area contributed by atoms with Gasteiger partial charge in [0.25, 0.3) is 0 Å². The van der Waals surface area contributed by atoms with Crippen LogP contribution in [0.3, 0.4) is 0 Å². The van der Waals surface area contributed by atoms with Gasteiger partial charge in [-0.25, -0.2) is 0 Å². The Balaban J connectivity index is 1.92. The smallest absolute Gasteiger partial charge is 0.236 e. The molecule has 1 saturated heterocycles. The summed E-state index contributed by atoms with van der Waals surface area (Å²) in [5, 5.41) is 2.90. The lowest BCUT2D eigenvalue weighted by Gasteiger charge is -2.34. The van der Waals surface area contributed by atoms with Crippen LogP contribution < -0.4 is 11.1 Å². The number of hydrogen-bond acceptors (Lipinski definition) is 4. The molecular formula is C17H28N4O. The number of piperazine rings is 1. The second-order valence-electron chi connectivity index (χ2n) is 5.99. The Morgan fingerprint density at radius 1 is 1.18 bits per heavy atom. The van der Waals surface area contributed by atoms with Gasteiger partial charge in [-0.2, -0.15) is 0 Å². The van der Waals surface area contributed by atoms with E-state index in [0.717, 1.165) is 39.3 Å². The molecule has 3 N–H and O–H groups in total. The van der Waals surface area contributed by atoms with Crippen LogP contribution in [0.4, 0.5) is 0 Å². The Morgan fingerprint density at radius 3 is 2.36 bits per heavy atom. The lowest BCUT2D eigenvalue weighted by Crippen LogP contribution is -2.45. The quantitative estimate of drug-likeness (QED) is 0.816. The van der Waals surface area contributed by atoms with Gasteiger partial charge in [0.15, 0.2) is 0 Å². The number of amides is 1. The van der Waals surface area contributed by atoms with Gasteiger partial charge in [-0.05, 0) is 24.6 Å². The zero-order valence-electron chi connectivity index (χ0n) is 13.7. The minimum Gasteiger partial charge on any atom is -0.351 e. The van der Waals surface area contributed by atoms with Crippen LogP contribution in [-0.2, 0) is 17.9 Å². The predicted octanol–water partition coefficient (Wildman–Crippen LogP) is 0.788. The molecule has 0 radical (unpaired) electrons. The number of rotatable bonds is 6. The van der Waals surface area contributed by atoms with Crippen molar-refractivity contribution in [3.05, 3.63) is 35.4 Å². The van der Waals surface area contributed by atoms with E-state index in [2.05, 4.69) is 40.2 Å². The summed E-state index contributed by atoms with van der Waals surface area (Å²) < 4.78 is 0. The number of benzene rings is 1. The summed E-state index contributed by atoms with van der Waals surface area (Å²) >= 11 is 0. The van der Waals surface area contributed by atoms with Crippen LogP contribution in [0.15, 0.2) is 24.3 Å². The molecule has 1 atom stereocenters. The van der Waals surface area contributed by atoms with Crippen molar-refractivity contribution in [1.82, 2.24) is 15.1 Å². The fourth-order valence-corrected chi connectivity index (χ4v) is 2.73. The molecule has 2 rings (SSSR count). The molecule has 1 aromatic carbocycles. The zero-order valence-corrected chi connectivity index (χ0v) is 13.7. The first-order valence-electron chi connectivity index (χ1n) is 8.15. The van der Waals surface area contributed by atoms with Crippen LogP contribution in [-0.4, -0.2) is 54.5 Å². The van der Waals surface area contributed by atoms with Crippen molar-refractivity contribution >= 4 is 5.91 Å². The first-order valence-corrected chi connectivity index (χ1v) is 8.15. The van der Waals surface area contributed by atoms with Crippen molar-refractivity contribution in [2.45, 2.75) is 33.0 Å². The topological polar surface area (TPSA) is 61.6 Å². The van der Waals surface area contributed by atoms with E-state index in [1.54, 1.807) is 6.92 Å². The van der Waals surface area contributed by atoms with Crippen molar-refractivity contribution < 1.29 is 4.79 Å². The van der Waals surface area contributed by atoms with Crippen LogP contribution >= 0.6 is 0 Å². The molecule has 5 heteroatoms. The highest BCUT2D eigenvalue weighted by Crippen LogP contribution is 2.13. The number of carbonyl (C=O) groups is 1. The molecule has 1 amide bonds. The highest BCUT2D eigenvalue weighted by atomic mass is 16.2. The number of carbonyl (C=O) groups excluding carboxylic acids is 1. The van der Waals surface area contributed by atoms with E-state index in [0.29, 0.717) is 6.54 Å². The monoisotopic (exact) mass is 304 g/mol. The van der Waals surface area contributed by atoms with Gasteiger partial charge in [-0.1, -0.05) is 31.2 Å². The molecular weight excluding hydrogens is 276 g/mol. The Hall–Kier alpha value is -1.43. The summed E-state index contributed by atoms with van der Waals surface area (Å²) in [7, 11) is 0. The normalized spacial score (nSPS) is 18.1. The number of nitrogens with one attached hydrogen (secondary N) is 1. The van der Waals surface area contributed by atoms with E-state index < -0.39 is 6.04 Å². The van der Waals surface area contributed by atoms with Crippen molar-refractivity contribution in [1.29, 1.82) is 0 Å². The van der Waals surface area contributed by atoms with Gasteiger partial charge in [0.2, 0.25) is 5.91 Å². The molecule has 1 heterocycles. The van der Waals surface area contributed by atoms with E-state index in [-0.39, 0.29) is 5.91 Å². The van der Waals surface area contributed by atoms with Crippen molar-refractivity contribution in [3.8, 4) is 0 Å². The number of hydrogen-bond donors (Lipinski definition) is 2. The van der Waals surface area contributed by atoms with E-state index in [9.17, 15) is 4.79 Å². The molecule has 1 unspecified atom stereocenters. The molecule has 122 valence electrons. The van der Waals surface area contributed by atoms with Gasteiger partial charge in [-0.3, -0.25) is 9.69 Å². The molecule has 0 aromatic heterocycles. The van der Waals surface area contributed by atoms with Crippen molar-refractivity contribution in [2.24, 2.45) is 5.73 Å². The second kappa shape index (κ2) is 8.27. The average Bonchev–Trinajstić information content (AvgIpc) is 2.54. The molecule has 0 aliphatic carbocycles. The summed E-state index contributed by atoms with van der Waals surface area (Å²) in [6.07, 6.45) is 0. The standard InChI is InChI=1S/C17H28N4O/c1-3-20-8-10-21(11-9-20)13-16-7-5-4-6-15(16)12-19-17(22)14(2)18/h4-7,14H,3,8-13,18H2,1-2H3,(H,19,22). The van der Waals surface area contributed by atoms with Gasteiger partial charge in [0.1, 0.15) is 0 Å². The van der Waals surface area contributed by atoms with Gasteiger partial charge >= 0.3 is 0 Å². The maximum absolute atomic E-state index is 11.6. The Labute approximate surface area is 133 Å². The fourth-order valence-electron chi connectivity index (χ4n) is 2.73. The average molecular weight is 304 g/mol. The van der Waals surface area contributed by atoms with Crippen LogP contribution in [0.25, 0.3) is 0 Å². The third-order valence-corrected chi connectivity index (χ3v) is 4.29. The molecule has 0 bridgehead atoms. The van der Waals surface area contributed by atoms with Crippen molar-refractivity contribution in [3.63, 3.8) is 0 Å². The summed E-state index contributed by atoms with van der Waals surface area (Å²) in [4.78, 5) is 16.6. The van der Waals surface area contributed by atoms with Gasteiger partial charge in [-0.15, -0.1) is 0 Å². The lowest BCUT2D eigenvalue weighted by molar-refractivity contribution is -0.122. The lowest BCUT2D eigenvalue weighted by atomic mass is 10.1. The minimum absolute atomic E-state index is 0.105. The SMILES string of the molecule is CCN1CCN(Cc2ccccc2CNC(=O)C(C)N)CC1. The summed E-state index contributed by atoms with van der Waals surface area (Å²) in [5.41, 5.74) is 8.05. The molecule has 1 aromatic rings. The van der Waals surface area contributed by atoms with E-state index >= 15 is 0 Å². The molecule has 1 aliphatic rings. The Kier molecular flexibility index (Phi) is 6.36. The number of nitrogens with two attached hydrogens (primary N) is 1. The Morgan fingerprint density at radius 2 is 1.77 bits per heavy atom. The molecule has 0 spiro atoms. The van der Waals surface area contributed by atoms with Gasteiger partial charge < -0.3 is 16.0 Å². The van der Waals surface area contributed by atoms with E-state index in [1.807, 2.05) is 6.07 Å². The summed E-state index contributed by atoms with van der Waals surface area (Å²) in [6.45, 7) is 11.0. The maximum atomic E-state index is 11.6. The first kappa shape index (κ1) is 16.9. The van der Waals surface area contributed by atoms with Crippen molar-refractivity contribution in [2.75, 3.05) is 32.7 Å². The van der Waals surface area contributed by atoms with Crippen LogP contribution in [0.2, 0.25) is 0 Å². The number of likely N-dealkylation sites (N-methyl/N-ethyl adjacent to an activating group) is 1. The fraction of sp³-hybridized carbons (Fsp3) is 0.588. The molecule has 5 nitrogen and oxygen atoms in total. The largest absolute Gasteiger partial charge is 0.351 e. The second-order valence-corrected chi connectivity index (χ2v) is 5.99. The van der Waals surface area contributed by atoms with Crippen LogP contribution in [0, 0.1) is 0 Å². The molecule has 0 saturated carbocycles. The summed E-state index contributed by atoms with van der Waals surface area (Å²) in [6, 6.07) is 7.85. The van der Waals surface area contributed by atoms with Crippen LogP contribution in [0.1, 0.15) is 25.0 Å². The third kappa shape index (κ3) is 4.80. The number of nitrogens with zero attached hydrogens (tertiary/aromatic N) is 2. The van der Waals surface area contributed by atoms with Gasteiger partial charge in [0, 0.05) is 39.3 Å². The van der Waals surface area contributed by atoms with E-state index in [1.165, 1.54) is 11.1 Å².